The molecule has 0 aliphatic heterocycles. The van der Waals surface area contributed by atoms with E-state index in [4.69, 9.17) is 18.9 Å². The Morgan fingerprint density at radius 3 is 0.652 bits per heavy atom. The first-order valence-corrected chi connectivity index (χ1v) is 21.7. The minimum Gasteiger partial charge on any atom is -0.497 e. The summed E-state index contributed by atoms with van der Waals surface area (Å²) in [5.74, 6) is 3.10. The van der Waals surface area contributed by atoms with E-state index in [1.54, 1.807) is 28.4 Å². The SMILES string of the molecule is COc1cccc(N(c2ccc(N(c3ccccc3)c3cccc(N(c4ccccc4)c4ccc(N(c5cccc(OC)c5)c5cccc(OC)c5)cc4)c3)cc2)c2cccc(OC)c2)c1. The maximum atomic E-state index is 5.64. The lowest BCUT2D eigenvalue weighted by molar-refractivity contribution is 0.414. The summed E-state index contributed by atoms with van der Waals surface area (Å²) in [4.78, 5) is 9.00. The van der Waals surface area contributed by atoms with Crippen LogP contribution in [0.4, 0.5) is 68.2 Å². The summed E-state index contributed by atoms with van der Waals surface area (Å²) < 4.78 is 22.6. The van der Waals surface area contributed by atoms with Gasteiger partial charge in [-0.1, -0.05) is 66.7 Å². The van der Waals surface area contributed by atoms with Gasteiger partial charge in [0.1, 0.15) is 23.0 Å². The van der Waals surface area contributed by atoms with Gasteiger partial charge in [0, 0.05) is 92.5 Å². The molecule has 0 aliphatic carbocycles. The van der Waals surface area contributed by atoms with Crippen molar-refractivity contribution >= 4 is 68.2 Å². The van der Waals surface area contributed by atoms with Crippen molar-refractivity contribution in [2.75, 3.05) is 48.0 Å². The predicted molar refractivity (Wildman–Crippen MR) is 271 cm³/mol. The van der Waals surface area contributed by atoms with Gasteiger partial charge in [-0.3, -0.25) is 0 Å². The molecule has 66 heavy (non-hydrogen) atoms. The summed E-state index contributed by atoms with van der Waals surface area (Å²) in [7, 11) is 6.76. The molecular weight excluding hydrogens is 817 g/mol. The van der Waals surface area contributed by atoms with Crippen LogP contribution in [0, 0.1) is 0 Å². The number of methoxy groups -OCH3 is 4. The molecule has 0 bridgehead atoms. The van der Waals surface area contributed by atoms with E-state index in [1.165, 1.54) is 0 Å². The van der Waals surface area contributed by atoms with Crippen LogP contribution in [0.5, 0.6) is 23.0 Å². The van der Waals surface area contributed by atoms with Gasteiger partial charge >= 0.3 is 0 Å². The van der Waals surface area contributed by atoms with Crippen LogP contribution in [0.1, 0.15) is 0 Å². The van der Waals surface area contributed by atoms with Crippen molar-refractivity contribution in [2.24, 2.45) is 0 Å². The third-order valence-corrected chi connectivity index (χ3v) is 11.4. The van der Waals surface area contributed by atoms with Crippen molar-refractivity contribution in [2.45, 2.75) is 0 Å². The third kappa shape index (κ3) is 9.21. The molecule has 0 atom stereocenters. The second kappa shape index (κ2) is 19.8. The van der Waals surface area contributed by atoms with Crippen molar-refractivity contribution in [1.82, 2.24) is 0 Å². The third-order valence-electron chi connectivity index (χ3n) is 11.4. The first-order valence-electron chi connectivity index (χ1n) is 21.7. The maximum absolute atomic E-state index is 5.64. The molecule has 0 unspecified atom stereocenters. The lowest BCUT2D eigenvalue weighted by atomic mass is 10.1. The summed E-state index contributed by atoms with van der Waals surface area (Å²) in [5.41, 5.74) is 11.9. The average molecular weight is 867 g/mol. The monoisotopic (exact) mass is 866 g/mol. The van der Waals surface area contributed by atoms with E-state index >= 15 is 0 Å². The van der Waals surface area contributed by atoms with Crippen LogP contribution in [0.3, 0.4) is 0 Å². The number of hydrogen-bond acceptors (Lipinski definition) is 8. The highest BCUT2D eigenvalue weighted by atomic mass is 16.5. The topological polar surface area (TPSA) is 49.9 Å². The summed E-state index contributed by atoms with van der Waals surface area (Å²) in [6.07, 6.45) is 0. The van der Waals surface area contributed by atoms with Crippen LogP contribution in [-0.4, -0.2) is 28.4 Å². The Balaban J connectivity index is 1.11. The van der Waals surface area contributed by atoms with Crippen LogP contribution < -0.4 is 38.5 Å². The Morgan fingerprint density at radius 1 is 0.197 bits per heavy atom. The Bertz CT molecular complexity index is 2700. The molecule has 9 rings (SSSR count). The summed E-state index contributed by atoms with van der Waals surface area (Å²) >= 11 is 0. The molecule has 0 radical (unpaired) electrons. The molecule has 0 aromatic heterocycles. The van der Waals surface area contributed by atoms with Crippen molar-refractivity contribution in [3.63, 3.8) is 0 Å². The van der Waals surface area contributed by atoms with Gasteiger partial charge in [0.05, 0.1) is 28.4 Å². The van der Waals surface area contributed by atoms with E-state index < -0.39 is 0 Å². The molecule has 0 spiro atoms. The molecule has 8 nitrogen and oxygen atoms in total. The quantitative estimate of drug-likeness (QED) is 0.0952. The van der Waals surface area contributed by atoms with E-state index in [0.29, 0.717) is 0 Å². The van der Waals surface area contributed by atoms with Gasteiger partial charge in [0.15, 0.2) is 0 Å². The Morgan fingerprint density at radius 2 is 0.394 bits per heavy atom. The number of nitrogens with zero attached hydrogens (tertiary/aromatic N) is 4. The molecule has 0 saturated heterocycles. The smallest absolute Gasteiger partial charge is 0.120 e. The van der Waals surface area contributed by atoms with Gasteiger partial charge in [-0.05, 0) is 140 Å². The second-order valence-corrected chi connectivity index (χ2v) is 15.4. The highest BCUT2D eigenvalue weighted by Gasteiger charge is 2.21. The van der Waals surface area contributed by atoms with Crippen LogP contribution in [0.2, 0.25) is 0 Å². The molecule has 0 N–H and O–H groups in total. The zero-order valence-electron chi connectivity index (χ0n) is 37.4. The number of benzene rings is 9. The largest absolute Gasteiger partial charge is 0.497 e. The minimum absolute atomic E-state index is 0.774. The fourth-order valence-corrected chi connectivity index (χ4v) is 8.21. The Kier molecular flexibility index (Phi) is 12.8. The normalized spacial score (nSPS) is 10.7. The molecule has 0 fully saturated rings. The lowest BCUT2D eigenvalue weighted by Crippen LogP contribution is -2.14. The van der Waals surface area contributed by atoms with Crippen LogP contribution in [-0.2, 0) is 0 Å². The molecule has 9 aromatic rings. The zero-order valence-corrected chi connectivity index (χ0v) is 37.4. The Labute approximate surface area is 387 Å². The molecule has 326 valence electrons. The summed E-state index contributed by atoms with van der Waals surface area (Å²) in [6, 6.07) is 79.3. The van der Waals surface area contributed by atoms with Crippen molar-refractivity contribution < 1.29 is 18.9 Å². The number of anilines is 12. The fourth-order valence-electron chi connectivity index (χ4n) is 8.21. The van der Waals surface area contributed by atoms with E-state index in [9.17, 15) is 0 Å². The highest BCUT2D eigenvalue weighted by Crippen LogP contribution is 2.44. The Hall–Kier alpha value is -8.62. The number of ether oxygens (including phenoxy) is 4. The van der Waals surface area contributed by atoms with Crippen LogP contribution in [0.15, 0.2) is 231 Å². The van der Waals surface area contributed by atoms with Crippen molar-refractivity contribution in [1.29, 1.82) is 0 Å². The number of rotatable bonds is 16. The van der Waals surface area contributed by atoms with Crippen LogP contribution in [0.25, 0.3) is 0 Å². The van der Waals surface area contributed by atoms with E-state index in [2.05, 4.69) is 165 Å². The predicted octanol–water partition coefficient (Wildman–Crippen LogP) is 15.6. The molecule has 9 aromatic carbocycles. The minimum atomic E-state index is 0.774. The number of hydrogen-bond donors (Lipinski definition) is 0. The summed E-state index contributed by atoms with van der Waals surface area (Å²) in [6.45, 7) is 0. The zero-order chi connectivity index (χ0) is 45.2. The maximum Gasteiger partial charge on any atom is 0.120 e. The van der Waals surface area contributed by atoms with Gasteiger partial charge < -0.3 is 38.5 Å². The van der Waals surface area contributed by atoms with Gasteiger partial charge in [-0.2, -0.15) is 0 Å². The molecule has 0 heterocycles. The van der Waals surface area contributed by atoms with Crippen LogP contribution >= 0.6 is 0 Å². The van der Waals surface area contributed by atoms with Gasteiger partial charge in [-0.25, -0.2) is 0 Å². The molecule has 0 aliphatic rings. The molecular formula is C58H50N4O4. The van der Waals surface area contributed by atoms with Gasteiger partial charge in [0.25, 0.3) is 0 Å². The fraction of sp³-hybridized carbons (Fsp3) is 0.0690. The van der Waals surface area contributed by atoms with E-state index in [1.807, 2.05) is 84.9 Å². The molecule has 0 amide bonds. The first-order chi connectivity index (χ1) is 32.5. The van der Waals surface area contributed by atoms with Gasteiger partial charge in [-0.15, -0.1) is 0 Å². The first kappa shape index (κ1) is 42.7. The molecule has 8 heteroatoms. The number of para-hydroxylation sites is 2. The second-order valence-electron chi connectivity index (χ2n) is 15.4. The summed E-state index contributed by atoms with van der Waals surface area (Å²) in [5, 5.41) is 0. The van der Waals surface area contributed by atoms with Gasteiger partial charge in [0.2, 0.25) is 0 Å². The molecule has 0 saturated carbocycles. The average Bonchev–Trinajstić information content (AvgIpc) is 3.38. The van der Waals surface area contributed by atoms with Crippen molar-refractivity contribution in [3.05, 3.63) is 231 Å². The lowest BCUT2D eigenvalue weighted by Gasteiger charge is -2.31. The highest BCUT2D eigenvalue weighted by molar-refractivity contribution is 5.86. The standard InChI is InChI=1S/C58H50N4O4/c1-63-55-26-12-22-51(39-55)61(52-23-13-27-56(40-52)64-2)47-34-30-45(31-35-47)59(43-16-7-5-8-17-43)49-20-11-21-50(38-49)60(44-18-9-6-10-19-44)46-32-36-48(37-33-46)62(53-24-14-28-57(41-53)65-3)54-25-15-29-58(42-54)66-4/h5-42H,1-4H3. The van der Waals surface area contributed by atoms with E-state index in [-0.39, 0.29) is 0 Å². The van der Waals surface area contributed by atoms with Crippen molar-refractivity contribution in [3.8, 4) is 23.0 Å². The van der Waals surface area contributed by atoms with E-state index in [0.717, 1.165) is 91.2 Å².